The third kappa shape index (κ3) is 1.24. The summed E-state index contributed by atoms with van der Waals surface area (Å²) in [6.45, 7) is 0. The molecule has 86 valence electrons. The van der Waals surface area contributed by atoms with Gasteiger partial charge in [0, 0.05) is 12.3 Å². The largest absolute Gasteiger partial charge is 0.283 e. The molecule has 3 heterocycles. The maximum Gasteiger partial charge on any atom is 0.157 e. The lowest BCUT2D eigenvalue weighted by molar-refractivity contribution is 0.916. The third-order valence-electron chi connectivity index (χ3n) is 2.94. The Hall–Kier alpha value is -2.69. The Morgan fingerprint density at radius 3 is 2.94 bits per heavy atom. The molecule has 0 saturated heterocycles. The summed E-state index contributed by atoms with van der Waals surface area (Å²) in [7, 11) is 0. The van der Waals surface area contributed by atoms with Crippen molar-refractivity contribution in [2.45, 2.75) is 0 Å². The van der Waals surface area contributed by atoms with E-state index in [1.54, 1.807) is 17.0 Å². The van der Waals surface area contributed by atoms with Crippen LogP contribution in [0.4, 0.5) is 0 Å². The van der Waals surface area contributed by atoms with Gasteiger partial charge in [-0.15, -0.1) is 0 Å². The highest BCUT2D eigenvalue weighted by Gasteiger charge is 2.05. The van der Waals surface area contributed by atoms with Crippen molar-refractivity contribution >= 4 is 16.7 Å². The van der Waals surface area contributed by atoms with Crippen LogP contribution in [0.25, 0.3) is 22.5 Å². The Morgan fingerprint density at radius 2 is 1.94 bits per heavy atom. The summed E-state index contributed by atoms with van der Waals surface area (Å²) in [6.07, 6.45) is 5.42. The van der Waals surface area contributed by atoms with Gasteiger partial charge in [-0.1, -0.05) is 12.1 Å². The monoisotopic (exact) mass is 235 g/mol. The van der Waals surface area contributed by atoms with Crippen LogP contribution in [0.15, 0.2) is 55.1 Å². The SMILES string of the molecule is c1ccc2c(c1)ncn2-c1ccn2nccc2n1. The van der Waals surface area contributed by atoms with Gasteiger partial charge < -0.3 is 0 Å². The van der Waals surface area contributed by atoms with Gasteiger partial charge in [0.1, 0.15) is 12.1 Å². The fourth-order valence-electron chi connectivity index (χ4n) is 2.08. The first kappa shape index (κ1) is 9.35. The minimum absolute atomic E-state index is 0.824. The predicted molar refractivity (Wildman–Crippen MR) is 67.6 cm³/mol. The lowest BCUT2D eigenvalue weighted by Gasteiger charge is -2.03. The molecule has 0 unspecified atom stereocenters. The minimum Gasteiger partial charge on any atom is -0.283 e. The molecule has 0 bridgehead atoms. The lowest BCUT2D eigenvalue weighted by atomic mass is 10.3. The average molecular weight is 235 g/mol. The molecule has 3 aromatic heterocycles. The molecule has 0 radical (unpaired) electrons. The Balaban J connectivity index is 2.00. The quantitative estimate of drug-likeness (QED) is 0.507. The van der Waals surface area contributed by atoms with Crippen molar-refractivity contribution in [2.75, 3.05) is 0 Å². The summed E-state index contributed by atoms with van der Waals surface area (Å²) in [5.41, 5.74) is 2.84. The maximum atomic E-state index is 4.55. The van der Waals surface area contributed by atoms with Gasteiger partial charge in [0.2, 0.25) is 0 Å². The first-order valence-electron chi connectivity index (χ1n) is 5.65. The molecule has 0 aliphatic carbocycles. The van der Waals surface area contributed by atoms with Crippen LogP contribution in [0.2, 0.25) is 0 Å². The molecule has 4 rings (SSSR count). The molecule has 0 fully saturated rings. The van der Waals surface area contributed by atoms with E-state index in [1.165, 1.54) is 0 Å². The third-order valence-corrected chi connectivity index (χ3v) is 2.94. The van der Waals surface area contributed by atoms with Crippen LogP contribution in [-0.4, -0.2) is 24.1 Å². The summed E-state index contributed by atoms with van der Waals surface area (Å²) in [5.74, 6) is 0.844. The Kier molecular flexibility index (Phi) is 1.77. The summed E-state index contributed by atoms with van der Waals surface area (Å²) < 4.78 is 3.71. The normalized spacial score (nSPS) is 11.3. The van der Waals surface area contributed by atoms with E-state index in [0.29, 0.717) is 0 Å². The van der Waals surface area contributed by atoms with Crippen molar-refractivity contribution in [2.24, 2.45) is 0 Å². The van der Waals surface area contributed by atoms with E-state index in [4.69, 9.17) is 0 Å². The molecular formula is C13H9N5. The highest BCUT2D eigenvalue weighted by atomic mass is 15.3. The van der Waals surface area contributed by atoms with Crippen molar-refractivity contribution in [3.63, 3.8) is 0 Å². The summed E-state index contributed by atoms with van der Waals surface area (Å²) in [5, 5.41) is 4.13. The minimum atomic E-state index is 0.824. The van der Waals surface area contributed by atoms with E-state index < -0.39 is 0 Å². The van der Waals surface area contributed by atoms with E-state index >= 15 is 0 Å². The number of aromatic nitrogens is 5. The summed E-state index contributed by atoms with van der Waals surface area (Å²) >= 11 is 0. The molecule has 0 N–H and O–H groups in total. The van der Waals surface area contributed by atoms with Crippen molar-refractivity contribution in [3.05, 3.63) is 55.1 Å². The smallest absolute Gasteiger partial charge is 0.157 e. The van der Waals surface area contributed by atoms with Crippen LogP contribution in [-0.2, 0) is 0 Å². The zero-order valence-corrected chi connectivity index (χ0v) is 9.43. The van der Waals surface area contributed by atoms with Gasteiger partial charge in [-0.2, -0.15) is 5.10 Å². The number of hydrogen-bond donors (Lipinski definition) is 0. The average Bonchev–Trinajstić information content (AvgIpc) is 3.04. The molecule has 0 spiro atoms. The summed E-state index contributed by atoms with van der Waals surface area (Å²) in [4.78, 5) is 8.91. The molecule has 5 heteroatoms. The number of hydrogen-bond acceptors (Lipinski definition) is 3. The van der Waals surface area contributed by atoms with Crippen LogP contribution in [0, 0.1) is 0 Å². The molecule has 5 nitrogen and oxygen atoms in total. The predicted octanol–water partition coefficient (Wildman–Crippen LogP) is 2.07. The Bertz CT molecular complexity index is 842. The van der Waals surface area contributed by atoms with Crippen LogP contribution in [0.3, 0.4) is 0 Å². The van der Waals surface area contributed by atoms with Gasteiger partial charge in [0.25, 0.3) is 0 Å². The zero-order chi connectivity index (χ0) is 11.9. The molecule has 18 heavy (non-hydrogen) atoms. The van der Waals surface area contributed by atoms with E-state index in [0.717, 1.165) is 22.5 Å². The number of nitrogens with zero attached hydrogens (tertiary/aromatic N) is 5. The fourth-order valence-corrected chi connectivity index (χ4v) is 2.08. The second-order valence-corrected chi connectivity index (χ2v) is 4.02. The van der Waals surface area contributed by atoms with Crippen LogP contribution in [0.5, 0.6) is 0 Å². The van der Waals surface area contributed by atoms with E-state index in [-0.39, 0.29) is 0 Å². The number of rotatable bonds is 1. The van der Waals surface area contributed by atoms with E-state index in [1.807, 2.05) is 47.2 Å². The van der Waals surface area contributed by atoms with Gasteiger partial charge in [0.05, 0.1) is 17.2 Å². The van der Waals surface area contributed by atoms with Crippen LogP contribution in [0.1, 0.15) is 0 Å². The second-order valence-electron chi connectivity index (χ2n) is 4.02. The molecule has 0 atom stereocenters. The zero-order valence-electron chi connectivity index (χ0n) is 9.43. The Labute approximate surface area is 102 Å². The molecule has 1 aromatic carbocycles. The molecule has 4 aromatic rings. The summed E-state index contributed by atoms with van der Waals surface area (Å²) in [6, 6.07) is 11.8. The molecular weight excluding hydrogens is 226 g/mol. The van der Waals surface area contributed by atoms with Gasteiger partial charge in [-0.3, -0.25) is 4.57 Å². The standard InChI is InChI=1S/C13H9N5/c1-2-4-11-10(3-1)14-9-17(11)12-6-8-18-13(16-12)5-7-15-18/h1-9H. The van der Waals surface area contributed by atoms with Crippen molar-refractivity contribution in [1.29, 1.82) is 0 Å². The Morgan fingerprint density at radius 1 is 1.00 bits per heavy atom. The highest BCUT2D eigenvalue weighted by Crippen LogP contribution is 2.16. The van der Waals surface area contributed by atoms with Gasteiger partial charge >= 0.3 is 0 Å². The van der Waals surface area contributed by atoms with Crippen molar-refractivity contribution in [1.82, 2.24) is 24.1 Å². The lowest BCUT2D eigenvalue weighted by Crippen LogP contribution is -1.98. The molecule has 0 amide bonds. The highest BCUT2D eigenvalue weighted by molar-refractivity contribution is 5.76. The van der Waals surface area contributed by atoms with Crippen LogP contribution < -0.4 is 0 Å². The van der Waals surface area contributed by atoms with Gasteiger partial charge in [-0.05, 0) is 18.2 Å². The maximum absolute atomic E-state index is 4.55. The van der Waals surface area contributed by atoms with Crippen LogP contribution >= 0.6 is 0 Å². The van der Waals surface area contributed by atoms with E-state index in [9.17, 15) is 0 Å². The number of fused-ring (bicyclic) bond motifs is 2. The molecule has 0 aliphatic rings. The number of para-hydroxylation sites is 2. The van der Waals surface area contributed by atoms with Gasteiger partial charge in [-0.25, -0.2) is 14.5 Å². The fraction of sp³-hybridized carbons (Fsp3) is 0. The number of benzene rings is 1. The van der Waals surface area contributed by atoms with Crippen molar-refractivity contribution < 1.29 is 0 Å². The second kappa shape index (κ2) is 3.40. The first-order valence-corrected chi connectivity index (χ1v) is 5.65. The van der Waals surface area contributed by atoms with E-state index in [2.05, 4.69) is 15.1 Å². The van der Waals surface area contributed by atoms with Gasteiger partial charge in [0.15, 0.2) is 5.65 Å². The number of imidazole rings is 1. The first-order chi connectivity index (χ1) is 8.92. The topological polar surface area (TPSA) is 48.0 Å². The molecule has 0 aliphatic heterocycles. The van der Waals surface area contributed by atoms with Crippen molar-refractivity contribution in [3.8, 4) is 5.82 Å². The molecule has 0 saturated carbocycles.